The summed E-state index contributed by atoms with van der Waals surface area (Å²) >= 11 is 12.5. The lowest BCUT2D eigenvalue weighted by atomic mass is 10.1. The van der Waals surface area contributed by atoms with Crippen LogP contribution >= 0.6 is 23.2 Å². The number of nitrogens with zero attached hydrogens (tertiary/aromatic N) is 1. The maximum Gasteiger partial charge on any atom is 0.257 e. The third-order valence-corrected chi connectivity index (χ3v) is 4.63. The minimum Gasteiger partial charge on any atom is -0.374 e. The number of aliphatic hydroxyl groups excluding tert-OH is 1. The SMILES string of the molecule is CNC(O)c1ccc(C(=O)Nc2ccc(Cl)c(-c3ccccn3)c2)c(Cl)c1. The van der Waals surface area contributed by atoms with E-state index in [1.54, 1.807) is 49.6 Å². The van der Waals surface area contributed by atoms with E-state index in [-0.39, 0.29) is 10.9 Å². The summed E-state index contributed by atoms with van der Waals surface area (Å²) in [5.41, 5.74) is 2.87. The number of anilines is 1. The standard InChI is InChI=1S/C20H17Cl2N3O2/c1-23-19(26)12-5-7-14(17(22)10-12)20(27)25-13-6-8-16(21)15(11-13)18-4-2-3-9-24-18/h2-11,19,23,26H,1H3,(H,25,27). The molecule has 0 saturated heterocycles. The Hall–Kier alpha value is -2.44. The van der Waals surface area contributed by atoms with Crippen molar-refractivity contribution < 1.29 is 9.90 Å². The second-order valence-electron chi connectivity index (χ2n) is 5.79. The third kappa shape index (κ3) is 4.46. The average Bonchev–Trinajstić information content (AvgIpc) is 2.69. The highest BCUT2D eigenvalue weighted by molar-refractivity contribution is 6.35. The van der Waals surface area contributed by atoms with E-state index in [0.29, 0.717) is 33.1 Å². The summed E-state index contributed by atoms with van der Waals surface area (Å²) in [5.74, 6) is -0.361. The molecule has 5 nitrogen and oxygen atoms in total. The van der Waals surface area contributed by atoms with Crippen molar-refractivity contribution >= 4 is 34.8 Å². The van der Waals surface area contributed by atoms with Crippen molar-refractivity contribution in [2.45, 2.75) is 6.23 Å². The molecule has 27 heavy (non-hydrogen) atoms. The fraction of sp³-hybridized carbons (Fsp3) is 0.100. The molecule has 1 heterocycles. The van der Waals surface area contributed by atoms with Gasteiger partial charge in [-0.15, -0.1) is 0 Å². The highest BCUT2D eigenvalue weighted by Crippen LogP contribution is 2.30. The van der Waals surface area contributed by atoms with Crippen molar-refractivity contribution in [1.82, 2.24) is 10.3 Å². The van der Waals surface area contributed by atoms with Crippen LogP contribution < -0.4 is 10.6 Å². The lowest BCUT2D eigenvalue weighted by Gasteiger charge is -2.13. The summed E-state index contributed by atoms with van der Waals surface area (Å²) in [6.07, 6.45) is 0.828. The predicted octanol–water partition coefficient (Wildman–Crippen LogP) is 4.52. The van der Waals surface area contributed by atoms with E-state index in [0.717, 1.165) is 0 Å². The van der Waals surface area contributed by atoms with Crippen LogP contribution in [0.1, 0.15) is 22.1 Å². The van der Waals surface area contributed by atoms with Gasteiger partial charge >= 0.3 is 0 Å². The molecule has 0 aliphatic rings. The molecule has 1 atom stereocenters. The minimum atomic E-state index is -0.850. The number of aromatic nitrogens is 1. The molecule has 3 aromatic rings. The second kappa shape index (κ2) is 8.50. The van der Waals surface area contributed by atoms with Crippen LogP contribution in [0.3, 0.4) is 0 Å². The Morgan fingerprint density at radius 3 is 2.56 bits per heavy atom. The Labute approximate surface area is 167 Å². The molecule has 0 radical (unpaired) electrons. The number of pyridine rings is 1. The molecule has 1 aromatic heterocycles. The smallest absolute Gasteiger partial charge is 0.257 e. The van der Waals surface area contributed by atoms with Crippen molar-refractivity contribution in [3.05, 3.63) is 82.0 Å². The number of aliphatic hydroxyl groups is 1. The van der Waals surface area contributed by atoms with E-state index in [9.17, 15) is 9.90 Å². The number of halogens is 2. The van der Waals surface area contributed by atoms with Crippen LogP contribution in [0.2, 0.25) is 10.0 Å². The zero-order valence-corrected chi connectivity index (χ0v) is 15.9. The number of amides is 1. The lowest BCUT2D eigenvalue weighted by molar-refractivity contribution is 0.102. The van der Waals surface area contributed by atoms with Gasteiger partial charge in [-0.05, 0) is 55.1 Å². The number of hydrogen-bond acceptors (Lipinski definition) is 4. The van der Waals surface area contributed by atoms with Crippen LogP contribution in [0.15, 0.2) is 60.8 Å². The Bertz CT molecular complexity index is 965. The maximum atomic E-state index is 12.6. The topological polar surface area (TPSA) is 74.2 Å². The summed E-state index contributed by atoms with van der Waals surface area (Å²) in [5, 5.41) is 16.1. The molecular formula is C20H17Cl2N3O2. The molecule has 3 rings (SSSR count). The number of carbonyl (C=O) groups excluding carboxylic acids is 1. The van der Waals surface area contributed by atoms with Crippen LogP contribution in [-0.4, -0.2) is 23.0 Å². The molecule has 0 aliphatic heterocycles. The van der Waals surface area contributed by atoms with Crippen molar-refractivity contribution in [3.63, 3.8) is 0 Å². The van der Waals surface area contributed by atoms with Gasteiger partial charge in [-0.2, -0.15) is 0 Å². The summed E-state index contributed by atoms with van der Waals surface area (Å²) in [6, 6.07) is 15.5. The van der Waals surface area contributed by atoms with Gasteiger partial charge in [0.15, 0.2) is 0 Å². The highest BCUT2D eigenvalue weighted by Gasteiger charge is 2.14. The van der Waals surface area contributed by atoms with Crippen LogP contribution in [0, 0.1) is 0 Å². The van der Waals surface area contributed by atoms with Gasteiger partial charge in [0, 0.05) is 17.4 Å². The molecule has 0 saturated carbocycles. The molecule has 1 unspecified atom stereocenters. The monoisotopic (exact) mass is 401 g/mol. The van der Waals surface area contributed by atoms with Gasteiger partial charge in [-0.25, -0.2) is 0 Å². The van der Waals surface area contributed by atoms with E-state index in [2.05, 4.69) is 15.6 Å². The Balaban J connectivity index is 1.84. The average molecular weight is 402 g/mol. The first-order chi connectivity index (χ1) is 13.0. The number of benzene rings is 2. The number of carbonyl (C=O) groups is 1. The predicted molar refractivity (Wildman–Crippen MR) is 108 cm³/mol. The Morgan fingerprint density at radius 2 is 1.89 bits per heavy atom. The van der Waals surface area contributed by atoms with Gasteiger partial charge in [-0.3, -0.25) is 15.1 Å². The Kier molecular flexibility index (Phi) is 6.08. The van der Waals surface area contributed by atoms with Crippen molar-refractivity contribution in [2.24, 2.45) is 0 Å². The summed E-state index contributed by atoms with van der Waals surface area (Å²) in [6.45, 7) is 0. The van der Waals surface area contributed by atoms with Crippen LogP contribution in [-0.2, 0) is 0 Å². The zero-order valence-electron chi connectivity index (χ0n) is 14.4. The molecule has 1 amide bonds. The first kappa shape index (κ1) is 19.3. The van der Waals surface area contributed by atoms with Crippen molar-refractivity contribution in [3.8, 4) is 11.3 Å². The summed E-state index contributed by atoms with van der Waals surface area (Å²) < 4.78 is 0. The van der Waals surface area contributed by atoms with E-state index >= 15 is 0 Å². The quantitative estimate of drug-likeness (QED) is 0.549. The van der Waals surface area contributed by atoms with E-state index in [4.69, 9.17) is 23.2 Å². The first-order valence-electron chi connectivity index (χ1n) is 8.16. The fourth-order valence-electron chi connectivity index (χ4n) is 2.57. The molecule has 0 spiro atoms. The highest BCUT2D eigenvalue weighted by atomic mass is 35.5. The van der Waals surface area contributed by atoms with Crippen molar-refractivity contribution in [1.29, 1.82) is 0 Å². The molecule has 3 N–H and O–H groups in total. The number of nitrogens with one attached hydrogen (secondary N) is 2. The molecular weight excluding hydrogens is 385 g/mol. The Morgan fingerprint density at radius 1 is 1.07 bits per heavy atom. The molecule has 7 heteroatoms. The number of rotatable bonds is 5. The van der Waals surface area contributed by atoms with Crippen LogP contribution in [0.5, 0.6) is 0 Å². The molecule has 0 aliphatic carbocycles. The minimum absolute atomic E-state index is 0.248. The van der Waals surface area contributed by atoms with E-state index in [1.807, 2.05) is 18.2 Å². The second-order valence-corrected chi connectivity index (χ2v) is 6.61. The van der Waals surface area contributed by atoms with Gasteiger partial charge in [-0.1, -0.05) is 35.3 Å². The van der Waals surface area contributed by atoms with Gasteiger partial charge in [0.25, 0.3) is 5.91 Å². The number of hydrogen-bond donors (Lipinski definition) is 3. The largest absolute Gasteiger partial charge is 0.374 e. The summed E-state index contributed by atoms with van der Waals surface area (Å²) in [4.78, 5) is 16.9. The lowest BCUT2D eigenvalue weighted by Crippen LogP contribution is -2.16. The first-order valence-corrected chi connectivity index (χ1v) is 8.92. The van der Waals surface area contributed by atoms with Crippen molar-refractivity contribution in [2.75, 3.05) is 12.4 Å². The van der Waals surface area contributed by atoms with Crippen LogP contribution in [0.4, 0.5) is 5.69 Å². The maximum absolute atomic E-state index is 12.6. The molecule has 0 fully saturated rings. The van der Waals surface area contributed by atoms with E-state index in [1.165, 1.54) is 0 Å². The van der Waals surface area contributed by atoms with Gasteiger partial charge in [0.1, 0.15) is 6.23 Å². The van der Waals surface area contributed by atoms with E-state index < -0.39 is 6.23 Å². The third-order valence-electron chi connectivity index (χ3n) is 3.99. The van der Waals surface area contributed by atoms with Crippen LogP contribution in [0.25, 0.3) is 11.3 Å². The normalized spacial score (nSPS) is 11.9. The molecule has 138 valence electrons. The molecule has 0 bridgehead atoms. The fourth-order valence-corrected chi connectivity index (χ4v) is 3.06. The van der Waals surface area contributed by atoms with Gasteiger partial charge in [0.2, 0.25) is 0 Å². The van der Waals surface area contributed by atoms with Gasteiger partial charge < -0.3 is 10.4 Å². The zero-order chi connectivity index (χ0) is 19.4. The van der Waals surface area contributed by atoms with Gasteiger partial charge in [0.05, 0.1) is 21.3 Å². The summed E-state index contributed by atoms with van der Waals surface area (Å²) in [7, 11) is 1.62. The molecule has 2 aromatic carbocycles.